The molecule has 1 saturated carbocycles. The van der Waals surface area contributed by atoms with Crippen LogP contribution in [0.15, 0.2) is 24.3 Å². The molecule has 1 N–H and O–H groups in total. The van der Waals surface area contributed by atoms with Gasteiger partial charge in [0.05, 0.1) is 11.8 Å². The minimum Gasteiger partial charge on any atom is -0.337 e. The predicted molar refractivity (Wildman–Crippen MR) is 82.5 cm³/mol. The molecule has 1 atom stereocenters. The van der Waals surface area contributed by atoms with E-state index in [1.54, 1.807) is 0 Å². The zero-order valence-corrected chi connectivity index (χ0v) is 12.9. The first-order chi connectivity index (χ1) is 9.53. The fourth-order valence-corrected chi connectivity index (χ4v) is 3.08. The van der Waals surface area contributed by atoms with E-state index in [9.17, 15) is 10.1 Å². The molecule has 1 aromatic rings. The Morgan fingerprint density at radius 3 is 2.95 bits per heavy atom. The summed E-state index contributed by atoms with van der Waals surface area (Å²) in [6.45, 7) is 1.81. The fourth-order valence-electron chi connectivity index (χ4n) is 2.10. The van der Waals surface area contributed by atoms with Crippen LogP contribution in [0.3, 0.4) is 0 Å². The van der Waals surface area contributed by atoms with Crippen LogP contribution in [0.4, 0.5) is 0 Å². The van der Waals surface area contributed by atoms with Gasteiger partial charge in [-0.15, -0.1) is 11.8 Å². The van der Waals surface area contributed by atoms with Gasteiger partial charge in [0, 0.05) is 10.8 Å². The lowest BCUT2D eigenvalue weighted by atomic mass is 9.98. The smallest absolute Gasteiger partial charge is 0.231 e. The van der Waals surface area contributed by atoms with E-state index in [1.807, 2.05) is 31.2 Å². The number of hydrogen-bond acceptors (Lipinski definition) is 3. The summed E-state index contributed by atoms with van der Waals surface area (Å²) in [4.78, 5) is 11.9. The van der Waals surface area contributed by atoms with Gasteiger partial charge in [0.25, 0.3) is 0 Å². The van der Waals surface area contributed by atoms with Crippen molar-refractivity contribution in [2.45, 2.75) is 31.1 Å². The number of nitrogens with zero attached hydrogens (tertiary/aromatic N) is 1. The van der Waals surface area contributed by atoms with E-state index in [2.05, 4.69) is 11.4 Å². The van der Waals surface area contributed by atoms with Gasteiger partial charge < -0.3 is 5.32 Å². The Labute approximate surface area is 128 Å². The Balaban J connectivity index is 1.77. The Hall–Kier alpha value is -1.18. The zero-order chi connectivity index (χ0) is 14.6. The summed E-state index contributed by atoms with van der Waals surface area (Å²) in [7, 11) is 0. The van der Waals surface area contributed by atoms with Gasteiger partial charge in [0.15, 0.2) is 0 Å². The van der Waals surface area contributed by atoms with Crippen molar-refractivity contribution in [1.82, 2.24) is 5.32 Å². The van der Waals surface area contributed by atoms with Crippen LogP contribution in [0.25, 0.3) is 0 Å². The number of hydrogen-bond donors (Lipinski definition) is 1. The number of amides is 1. The van der Waals surface area contributed by atoms with E-state index in [0.717, 1.165) is 24.2 Å². The summed E-state index contributed by atoms with van der Waals surface area (Å²) in [6.07, 6.45) is 2.06. The quantitative estimate of drug-likeness (QED) is 0.876. The summed E-state index contributed by atoms with van der Waals surface area (Å²) in [5.41, 5.74) is 0.397. The normalized spacial score (nSPS) is 17.1. The highest BCUT2D eigenvalue weighted by atomic mass is 35.5. The average Bonchev–Trinajstić information content (AvgIpc) is 3.23. The molecule has 0 heterocycles. The second-order valence-electron chi connectivity index (χ2n) is 5.26. The molecule has 20 heavy (non-hydrogen) atoms. The molecule has 3 nitrogen and oxygen atoms in total. The van der Waals surface area contributed by atoms with E-state index in [-0.39, 0.29) is 5.91 Å². The summed E-state index contributed by atoms with van der Waals surface area (Å²) in [6, 6.07) is 9.84. The fraction of sp³-hybridized carbons (Fsp3) is 0.467. The third kappa shape index (κ3) is 4.16. The monoisotopic (exact) mass is 308 g/mol. The molecule has 0 aliphatic heterocycles. The van der Waals surface area contributed by atoms with Gasteiger partial charge in [-0.05, 0) is 43.4 Å². The summed E-state index contributed by atoms with van der Waals surface area (Å²) in [5, 5.41) is 12.8. The minimum atomic E-state index is -0.701. The molecule has 5 heteroatoms. The molecule has 1 unspecified atom stereocenters. The van der Waals surface area contributed by atoms with E-state index >= 15 is 0 Å². The van der Waals surface area contributed by atoms with Crippen molar-refractivity contribution in [1.29, 1.82) is 5.26 Å². The SMILES string of the molecule is CC(C#N)(NC(=O)CSCc1cccc(Cl)c1)C1CC1. The van der Waals surface area contributed by atoms with Gasteiger partial charge in [-0.1, -0.05) is 23.7 Å². The third-order valence-electron chi connectivity index (χ3n) is 3.42. The van der Waals surface area contributed by atoms with Gasteiger partial charge in [-0.25, -0.2) is 0 Å². The summed E-state index contributed by atoms with van der Waals surface area (Å²) in [5.74, 6) is 1.33. The van der Waals surface area contributed by atoms with Gasteiger partial charge in [0.2, 0.25) is 5.91 Å². The molecule has 1 aliphatic rings. The second-order valence-corrected chi connectivity index (χ2v) is 6.68. The molecule has 0 spiro atoms. The standard InChI is InChI=1S/C15H17ClN2OS/c1-15(10-17,12-5-6-12)18-14(19)9-20-8-11-3-2-4-13(16)7-11/h2-4,7,12H,5-6,8-9H2,1H3,(H,18,19). The van der Waals surface area contributed by atoms with Gasteiger partial charge >= 0.3 is 0 Å². The van der Waals surface area contributed by atoms with Crippen molar-refractivity contribution in [3.05, 3.63) is 34.9 Å². The third-order valence-corrected chi connectivity index (χ3v) is 4.65. The van der Waals surface area contributed by atoms with Crippen LogP contribution in [-0.4, -0.2) is 17.2 Å². The minimum absolute atomic E-state index is 0.0759. The van der Waals surface area contributed by atoms with Crippen molar-refractivity contribution >= 4 is 29.3 Å². The lowest BCUT2D eigenvalue weighted by Crippen LogP contribution is -2.47. The van der Waals surface area contributed by atoms with Crippen LogP contribution in [0.5, 0.6) is 0 Å². The van der Waals surface area contributed by atoms with Gasteiger partial charge in [0.1, 0.15) is 5.54 Å². The predicted octanol–water partition coefficient (Wildman–Crippen LogP) is 3.38. The Bertz CT molecular complexity index is 539. The highest BCUT2D eigenvalue weighted by Crippen LogP contribution is 2.39. The van der Waals surface area contributed by atoms with Crippen molar-refractivity contribution in [2.75, 3.05) is 5.75 Å². The number of nitriles is 1. The Morgan fingerprint density at radius 1 is 1.60 bits per heavy atom. The summed E-state index contributed by atoms with van der Waals surface area (Å²) < 4.78 is 0. The maximum atomic E-state index is 11.9. The molecular formula is C15H17ClN2OS. The molecule has 0 radical (unpaired) electrons. The first-order valence-electron chi connectivity index (χ1n) is 6.58. The molecule has 1 amide bonds. The van der Waals surface area contributed by atoms with Crippen LogP contribution >= 0.6 is 23.4 Å². The molecule has 1 aliphatic carbocycles. The van der Waals surface area contributed by atoms with Gasteiger partial charge in [-0.3, -0.25) is 4.79 Å². The zero-order valence-electron chi connectivity index (χ0n) is 11.4. The van der Waals surface area contributed by atoms with Crippen molar-refractivity contribution in [3.63, 3.8) is 0 Å². The van der Waals surface area contributed by atoms with Crippen LogP contribution < -0.4 is 5.32 Å². The molecular weight excluding hydrogens is 292 g/mol. The van der Waals surface area contributed by atoms with Crippen LogP contribution in [0, 0.1) is 17.2 Å². The van der Waals surface area contributed by atoms with Crippen molar-refractivity contribution in [2.24, 2.45) is 5.92 Å². The number of rotatable bonds is 6. The Kier molecular flexibility index (Phi) is 4.95. The molecule has 106 valence electrons. The number of benzene rings is 1. The van der Waals surface area contributed by atoms with Crippen LogP contribution in [0.1, 0.15) is 25.3 Å². The van der Waals surface area contributed by atoms with Gasteiger partial charge in [-0.2, -0.15) is 5.26 Å². The highest BCUT2D eigenvalue weighted by Gasteiger charge is 2.42. The number of thioether (sulfide) groups is 1. The second kappa shape index (κ2) is 6.51. The lowest BCUT2D eigenvalue weighted by molar-refractivity contribution is -0.119. The molecule has 0 bridgehead atoms. The van der Waals surface area contributed by atoms with Crippen molar-refractivity contribution < 1.29 is 4.79 Å². The first kappa shape index (κ1) is 15.2. The topological polar surface area (TPSA) is 52.9 Å². The lowest BCUT2D eigenvalue weighted by Gasteiger charge is -2.22. The highest BCUT2D eigenvalue weighted by molar-refractivity contribution is 7.99. The van der Waals surface area contributed by atoms with E-state index in [1.165, 1.54) is 11.8 Å². The Morgan fingerprint density at radius 2 is 2.35 bits per heavy atom. The molecule has 0 saturated heterocycles. The van der Waals surface area contributed by atoms with E-state index in [4.69, 9.17) is 11.6 Å². The van der Waals surface area contributed by atoms with E-state index < -0.39 is 5.54 Å². The first-order valence-corrected chi connectivity index (χ1v) is 8.11. The maximum Gasteiger partial charge on any atom is 0.231 e. The summed E-state index contributed by atoms with van der Waals surface area (Å²) >= 11 is 7.44. The average molecular weight is 309 g/mol. The molecule has 1 aromatic carbocycles. The van der Waals surface area contributed by atoms with Crippen molar-refractivity contribution in [3.8, 4) is 6.07 Å². The van der Waals surface area contributed by atoms with Crippen LogP contribution in [0.2, 0.25) is 5.02 Å². The molecule has 0 aromatic heterocycles. The number of carbonyl (C=O) groups excluding carboxylic acids is 1. The maximum absolute atomic E-state index is 11.9. The largest absolute Gasteiger partial charge is 0.337 e. The number of carbonyl (C=O) groups is 1. The number of nitrogens with one attached hydrogen (secondary N) is 1. The molecule has 1 fully saturated rings. The number of halogens is 1. The van der Waals surface area contributed by atoms with Crippen LogP contribution in [-0.2, 0) is 10.5 Å². The molecule has 2 rings (SSSR count). The van der Waals surface area contributed by atoms with E-state index in [0.29, 0.717) is 16.7 Å².